The molecule has 0 N–H and O–H groups in total. The zero-order chi connectivity index (χ0) is 10.1. The molecule has 0 radical (unpaired) electrons. The lowest BCUT2D eigenvalue weighted by Crippen LogP contribution is -2.35. The molecule has 2 atom stereocenters. The summed E-state index contributed by atoms with van der Waals surface area (Å²) in [6.45, 7) is 8.24. The van der Waals surface area contributed by atoms with Gasteiger partial charge in [0, 0.05) is 5.92 Å². The quantitative estimate of drug-likeness (QED) is 0.655. The molecule has 0 aromatic heterocycles. The topological polar surface area (TPSA) is 26.3 Å². The van der Waals surface area contributed by atoms with Gasteiger partial charge in [0.1, 0.15) is 5.78 Å². The molecule has 0 bridgehead atoms. The van der Waals surface area contributed by atoms with Crippen molar-refractivity contribution in [3.05, 3.63) is 0 Å². The molecule has 2 nitrogen and oxygen atoms in total. The molecular formula is C10H20O2Si. The fraction of sp³-hybridized carbons (Fsp3) is 0.900. The van der Waals surface area contributed by atoms with E-state index in [1.807, 2.05) is 0 Å². The Bertz CT molecular complexity index is 196. The second kappa shape index (κ2) is 3.92. The molecule has 0 heterocycles. The highest BCUT2D eigenvalue weighted by molar-refractivity contribution is 6.69. The SMILES string of the molecule is CC(=O)[C@H]1CCC[C@@H]1O[Si](C)(C)C. The third-order valence-corrected chi connectivity index (χ3v) is 3.49. The van der Waals surface area contributed by atoms with Gasteiger partial charge in [-0.05, 0) is 39.4 Å². The number of Topliss-reactive ketones (excluding diaryl/α,β-unsaturated/α-hetero) is 1. The van der Waals surface area contributed by atoms with Crippen LogP contribution >= 0.6 is 0 Å². The molecule has 13 heavy (non-hydrogen) atoms. The Hall–Kier alpha value is -0.153. The van der Waals surface area contributed by atoms with Gasteiger partial charge in [-0.15, -0.1) is 0 Å². The van der Waals surface area contributed by atoms with Crippen molar-refractivity contribution >= 4 is 14.1 Å². The maximum atomic E-state index is 11.3. The summed E-state index contributed by atoms with van der Waals surface area (Å²) in [5.41, 5.74) is 0. The maximum absolute atomic E-state index is 11.3. The zero-order valence-electron chi connectivity index (χ0n) is 9.09. The van der Waals surface area contributed by atoms with E-state index in [0.717, 1.165) is 19.3 Å². The van der Waals surface area contributed by atoms with Gasteiger partial charge in [0.25, 0.3) is 0 Å². The van der Waals surface area contributed by atoms with E-state index in [9.17, 15) is 4.79 Å². The molecule has 1 aliphatic rings. The minimum Gasteiger partial charge on any atom is -0.414 e. The van der Waals surface area contributed by atoms with Crippen molar-refractivity contribution in [3.63, 3.8) is 0 Å². The molecule has 1 saturated carbocycles. The first kappa shape index (κ1) is 10.9. The zero-order valence-corrected chi connectivity index (χ0v) is 10.1. The molecular weight excluding hydrogens is 180 g/mol. The fourth-order valence-corrected chi connectivity index (χ4v) is 3.18. The summed E-state index contributed by atoms with van der Waals surface area (Å²) in [6.07, 6.45) is 3.49. The van der Waals surface area contributed by atoms with Crippen LogP contribution in [0.4, 0.5) is 0 Å². The highest BCUT2D eigenvalue weighted by Gasteiger charge is 2.34. The van der Waals surface area contributed by atoms with Gasteiger partial charge >= 0.3 is 0 Å². The standard InChI is InChI=1S/C10H20O2Si/c1-8(11)9-6-5-7-10(9)12-13(2,3)4/h9-10H,5-7H2,1-4H3/t9-,10+/m1/s1. The van der Waals surface area contributed by atoms with Crippen molar-refractivity contribution in [2.45, 2.75) is 51.9 Å². The molecule has 0 aliphatic heterocycles. The minimum atomic E-state index is -1.46. The third kappa shape index (κ3) is 3.23. The lowest BCUT2D eigenvalue weighted by Gasteiger charge is -2.26. The summed E-state index contributed by atoms with van der Waals surface area (Å²) in [4.78, 5) is 11.3. The smallest absolute Gasteiger partial charge is 0.184 e. The summed E-state index contributed by atoms with van der Waals surface area (Å²) in [5, 5.41) is 0. The van der Waals surface area contributed by atoms with E-state index in [-0.39, 0.29) is 12.0 Å². The van der Waals surface area contributed by atoms with Gasteiger partial charge in [-0.2, -0.15) is 0 Å². The van der Waals surface area contributed by atoms with Gasteiger partial charge in [0.05, 0.1) is 6.10 Å². The van der Waals surface area contributed by atoms with E-state index < -0.39 is 8.32 Å². The van der Waals surface area contributed by atoms with Crippen LogP contribution in [0.5, 0.6) is 0 Å². The first-order valence-electron chi connectivity index (χ1n) is 5.08. The van der Waals surface area contributed by atoms with E-state index in [1.165, 1.54) is 0 Å². The predicted octanol–water partition coefficient (Wildman–Crippen LogP) is 2.60. The highest BCUT2D eigenvalue weighted by atomic mass is 28.4. The Balaban J connectivity index is 2.54. The normalized spacial score (nSPS) is 29.2. The molecule has 0 aromatic carbocycles. The van der Waals surface area contributed by atoms with E-state index in [1.54, 1.807) is 6.92 Å². The van der Waals surface area contributed by atoms with Crippen molar-refractivity contribution in [1.29, 1.82) is 0 Å². The van der Waals surface area contributed by atoms with Crippen LogP contribution in [0.1, 0.15) is 26.2 Å². The Morgan fingerprint density at radius 1 is 1.31 bits per heavy atom. The molecule has 0 amide bonds. The van der Waals surface area contributed by atoms with Gasteiger partial charge in [0.15, 0.2) is 8.32 Å². The van der Waals surface area contributed by atoms with E-state index in [2.05, 4.69) is 19.6 Å². The molecule has 0 unspecified atom stereocenters. The van der Waals surface area contributed by atoms with Gasteiger partial charge in [-0.25, -0.2) is 0 Å². The van der Waals surface area contributed by atoms with Crippen LogP contribution in [0.3, 0.4) is 0 Å². The third-order valence-electron chi connectivity index (χ3n) is 2.48. The fourth-order valence-electron chi connectivity index (χ4n) is 1.99. The van der Waals surface area contributed by atoms with Crippen LogP contribution in [-0.4, -0.2) is 20.2 Å². The molecule has 0 spiro atoms. The summed E-state index contributed by atoms with van der Waals surface area (Å²) < 4.78 is 5.99. The van der Waals surface area contributed by atoms with Crippen LogP contribution in [0.15, 0.2) is 0 Å². The van der Waals surface area contributed by atoms with Gasteiger partial charge in [0.2, 0.25) is 0 Å². The molecule has 3 heteroatoms. The van der Waals surface area contributed by atoms with Crippen molar-refractivity contribution < 1.29 is 9.22 Å². The molecule has 76 valence electrons. The largest absolute Gasteiger partial charge is 0.414 e. The van der Waals surface area contributed by atoms with Crippen LogP contribution in [0.2, 0.25) is 19.6 Å². The number of hydrogen-bond acceptors (Lipinski definition) is 2. The van der Waals surface area contributed by atoms with Gasteiger partial charge in [-0.3, -0.25) is 4.79 Å². The van der Waals surface area contributed by atoms with Crippen molar-refractivity contribution in [2.75, 3.05) is 0 Å². The maximum Gasteiger partial charge on any atom is 0.184 e. The van der Waals surface area contributed by atoms with Crippen molar-refractivity contribution in [3.8, 4) is 0 Å². The Kier molecular flexibility index (Phi) is 3.30. The Labute approximate surface area is 81.8 Å². The van der Waals surface area contributed by atoms with Crippen molar-refractivity contribution in [1.82, 2.24) is 0 Å². The lowest BCUT2D eigenvalue weighted by molar-refractivity contribution is -0.122. The van der Waals surface area contributed by atoms with Gasteiger partial charge < -0.3 is 4.43 Å². The second-order valence-corrected chi connectivity index (χ2v) is 9.38. The second-order valence-electron chi connectivity index (χ2n) is 4.92. The number of ketones is 1. The van der Waals surface area contributed by atoms with Gasteiger partial charge in [-0.1, -0.05) is 6.42 Å². The van der Waals surface area contributed by atoms with E-state index >= 15 is 0 Å². The number of carbonyl (C=O) groups is 1. The molecule has 1 aliphatic carbocycles. The van der Waals surface area contributed by atoms with Crippen LogP contribution in [0, 0.1) is 5.92 Å². The summed E-state index contributed by atoms with van der Waals surface area (Å²) >= 11 is 0. The summed E-state index contributed by atoms with van der Waals surface area (Å²) in [5.74, 6) is 0.493. The first-order chi connectivity index (χ1) is 5.90. The molecule has 1 rings (SSSR count). The van der Waals surface area contributed by atoms with E-state index in [0.29, 0.717) is 5.78 Å². The lowest BCUT2D eigenvalue weighted by atomic mass is 10.0. The van der Waals surface area contributed by atoms with Crippen LogP contribution < -0.4 is 0 Å². The monoisotopic (exact) mass is 200 g/mol. The molecule has 1 fully saturated rings. The number of hydrogen-bond donors (Lipinski definition) is 0. The van der Waals surface area contributed by atoms with Crippen molar-refractivity contribution in [2.24, 2.45) is 5.92 Å². The Morgan fingerprint density at radius 3 is 2.38 bits per heavy atom. The molecule has 0 aromatic rings. The number of carbonyl (C=O) groups excluding carboxylic acids is 1. The average molecular weight is 200 g/mol. The highest BCUT2D eigenvalue weighted by Crippen LogP contribution is 2.30. The average Bonchev–Trinajstić information content (AvgIpc) is 2.31. The van der Waals surface area contributed by atoms with Crippen LogP contribution in [-0.2, 0) is 9.22 Å². The number of rotatable bonds is 3. The first-order valence-corrected chi connectivity index (χ1v) is 8.49. The van der Waals surface area contributed by atoms with Crippen LogP contribution in [0.25, 0.3) is 0 Å². The Morgan fingerprint density at radius 2 is 1.92 bits per heavy atom. The minimum absolute atomic E-state index is 0.187. The summed E-state index contributed by atoms with van der Waals surface area (Å²) in [6, 6.07) is 0. The molecule has 0 saturated heterocycles. The predicted molar refractivity (Wildman–Crippen MR) is 56.2 cm³/mol. The summed E-state index contributed by atoms with van der Waals surface area (Å²) in [7, 11) is -1.46. The van der Waals surface area contributed by atoms with E-state index in [4.69, 9.17) is 4.43 Å².